The average Bonchev–Trinajstić information content (AvgIpc) is 3.35. The van der Waals surface area contributed by atoms with Crippen LogP contribution in [-0.4, -0.2) is 34.9 Å². The highest BCUT2D eigenvalue weighted by Gasteiger charge is 2.23. The first-order valence-corrected chi connectivity index (χ1v) is 10.6. The number of nitrogens with one attached hydrogen (secondary N) is 1. The molecule has 0 bridgehead atoms. The fraction of sp³-hybridized carbons (Fsp3) is 0.304. The van der Waals surface area contributed by atoms with E-state index in [0.717, 1.165) is 28.1 Å². The highest BCUT2D eigenvalue weighted by Crippen LogP contribution is 2.23. The summed E-state index contributed by atoms with van der Waals surface area (Å²) in [7, 11) is 0. The van der Waals surface area contributed by atoms with E-state index in [-0.39, 0.29) is 11.9 Å². The Labute approximate surface area is 175 Å². The molecular formula is C23H26N2O3S. The summed E-state index contributed by atoms with van der Waals surface area (Å²) >= 11 is 1.44. The number of hydrogen-bond donors (Lipinski definition) is 1. The molecule has 29 heavy (non-hydrogen) atoms. The van der Waals surface area contributed by atoms with Gasteiger partial charge in [-0.2, -0.15) is 0 Å². The number of rotatable bonds is 8. The fourth-order valence-corrected chi connectivity index (χ4v) is 4.03. The van der Waals surface area contributed by atoms with E-state index in [4.69, 9.17) is 4.74 Å². The molecule has 1 aromatic carbocycles. The molecule has 0 aliphatic carbocycles. The number of esters is 1. The number of benzene rings is 1. The smallest absolute Gasteiger partial charge is 0.355 e. The first kappa shape index (κ1) is 20.9. The molecule has 1 amide bonds. The van der Waals surface area contributed by atoms with Crippen LogP contribution >= 0.6 is 11.3 Å². The largest absolute Gasteiger partial charge is 0.461 e. The lowest BCUT2D eigenvalue weighted by atomic mass is 10.1. The van der Waals surface area contributed by atoms with Crippen molar-refractivity contribution in [2.24, 2.45) is 0 Å². The van der Waals surface area contributed by atoms with Gasteiger partial charge in [-0.05, 0) is 55.3 Å². The second-order valence-electron chi connectivity index (χ2n) is 6.89. The van der Waals surface area contributed by atoms with Crippen molar-refractivity contribution < 1.29 is 14.3 Å². The zero-order valence-electron chi connectivity index (χ0n) is 17.0. The monoisotopic (exact) mass is 410 g/mol. The Kier molecular flexibility index (Phi) is 6.88. The lowest BCUT2D eigenvalue weighted by molar-refractivity contribution is 0.0519. The predicted octanol–water partition coefficient (Wildman–Crippen LogP) is 4.75. The molecule has 1 N–H and O–H groups in total. The quantitative estimate of drug-likeness (QED) is 0.545. The van der Waals surface area contributed by atoms with Crippen molar-refractivity contribution in [1.82, 2.24) is 9.88 Å². The van der Waals surface area contributed by atoms with Crippen LogP contribution in [0.4, 0.5) is 0 Å². The van der Waals surface area contributed by atoms with Gasteiger partial charge in [-0.3, -0.25) is 4.79 Å². The molecule has 0 aliphatic heterocycles. The molecule has 3 rings (SSSR count). The molecule has 0 atom stereocenters. The van der Waals surface area contributed by atoms with Gasteiger partial charge in [-0.1, -0.05) is 36.4 Å². The predicted molar refractivity (Wildman–Crippen MR) is 115 cm³/mol. The number of H-pyrrole nitrogens is 1. The van der Waals surface area contributed by atoms with Crippen molar-refractivity contribution in [3.63, 3.8) is 0 Å². The zero-order chi connectivity index (χ0) is 20.8. The van der Waals surface area contributed by atoms with Crippen molar-refractivity contribution in [2.75, 3.05) is 13.2 Å². The summed E-state index contributed by atoms with van der Waals surface area (Å²) < 4.78 is 5.14. The topological polar surface area (TPSA) is 62.4 Å². The van der Waals surface area contributed by atoms with Crippen LogP contribution in [0.1, 0.15) is 49.5 Å². The Morgan fingerprint density at radius 2 is 1.86 bits per heavy atom. The molecule has 152 valence electrons. The molecule has 0 saturated heterocycles. The Balaban J connectivity index is 1.85. The summed E-state index contributed by atoms with van der Waals surface area (Å²) in [5, 5.41) is 1.91. The molecule has 0 unspecified atom stereocenters. The molecule has 3 aromatic rings. The minimum Gasteiger partial charge on any atom is -0.461 e. The second-order valence-corrected chi connectivity index (χ2v) is 7.84. The van der Waals surface area contributed by atoms with Gasteiger partial charge in [-0.15, -0.1) is 11.3 Å². The van der Waals surface area contributed by atoms with Gasteiger partial charge in [0.25, 0.3) is 5.91 Å². The van der Waals surface area contributed by atoms with Crippen LogP contribution in [0.3, 0.4) is 0 Å². The molecular weight excluding hydrogens is 384 g/mol. The third kappa shape index (κ3) is 4.95. The van der Waals surface area contributed by atoms with Crippen LogP contribution in [0, 0.1) is 13.8 Å². The molecule has 0 aliphatic rings. The standard InChI is InChI=1S/C23H26N2O3S/c1-4-28-23(27)21-16(2)19(17(3)24-21)15-25(22(26)20-11-8-14-29-20)13-12-18-9-6-5-7-10-18/h5-11,14,24H,4,12-13,15H2,1-3H3. The maximum atomic E-state index is 13.1. The first-order valence-electron chi connectivity index (χ1n) is 9.73. The van der Waals surface area contributed by atoms with Gasteiger partial charge < -0.3 is 14.6 Å². The van der Waals surface area contributed by atoms with Gasteiger partial charge in [0.05, 0.1) is 11.5 Å². The number of hydrogen-bond acceptors (Lipinski definition) is 4. The van der Waals surface area contributed by atoms with Crippen LogP contribution in [-0.2, 0) is 17.7 Å². The number of aryl methyl sites for hydroxylation is 1. The Morgan fingerprint density at radius 3 is 2.52 bits per heavy atom. The molecule has 0 saturated carbocycles. The molecule has 5 nitrogen and oxygen atoms in total. The number of amides is 1. The van der Waals surface area contributed by atoms with Crippen LogP contribution < -0.4 is 0 Å². The van der Waals surface area contributed by atoms with Crippen LogP contribution in [0.25, 0.3) is 0 Å². The summed E-state index contributed by atoms with van der Waals surface area (Å²) in [5.74, 6) is -0.353. The molecule has 0 spiro atoms. The van der Waals surface area contributed by atoms with E-state index in [2.05, 4.69) is 17.1 Å². The normalized spacial score (nSPS) is 10.7. The van der Waals surface area contributed by atoms with E-state index < -0.39 is 0 Å². The van der Waals surface area contributed by atoms with Crippen LogP contribution in [0.2, 0.25) is 0 Å². The molecule has 2 heterocycles. The molecule has 0 radical (unpaired) electrons. The van der Waals surface area contributed by atoms with Crippen molar-refractivity contribution in [1.29, 1.82) is 0 Å². The molecule has 0 fully saturated rings. The van der Waals surface area contributed by atoms with E-state index in [1.165, 1.54) is 16.9 Å². The lowest BCUT2D eigenvalue weighted by Crippen LogP contribution is -2.32. The summed E-state index contributed by atoms with van der Waals surface area (Å²) in [5.41, 5.74) is 4.34. The van der Waals surface area contributed by atoms with Gasteiger partial charge in [-0.25, -0.2) is 4.79 Å². The highest BCUT2D eigenvalue weighted by molar-refractivity contribution is 7.12. The number of carbonyl (C=O) groups excluding carboxylic acids is 2. The average molecular weight is 411 g/mol. The van der Waals surface area contributed by atoms with Crippen LogP contribution in [0.15, 0.2) is 47.8 Å². The van der Waals surface area contributed by atoms with Crippen molar-refractivity contribution >= 4 is 23.2 Å². The zero-order valence-corrected chi connectivity index (χ0v) is 17.8. The van der Waals surface area contributed by atoms with Crippen molar-refractivity contribution in [3.8, 4) is 0 Å². The van der Waals surface area contributed by atoms with Gasteiger partial charge in [0.1, 0.15) is 5.69 Å². The van der Waals surface area contributed by atoms with E-state index in [1.54, 1.807) is 6.92 Å². The second kappa shape index (κ2) is 9.56. The van der Waals surface area contributed by atoms with E-state index in [1.807, 2.05) is 54.5 Å². The summed E-state index contributed by atoms with van der Waals surface area (Å²) in [6, 6.07) is 13.9. The SMILES string of the molecule is CCOC(=O)c1[nH]c(C)c(CN(CCc2ccccc2)C(=O)c2cccs2)c1C. The third-order valence-corrected chi connectivity index (χ3v) is 5.81. The van der Waals surface area contributed by atoms with E-state index in [9.17, 15) is 9.59 Å². The highest BCUT2D eigenvalue weighted by atomic mass is 32.1. The van der Waals surface area contributed by atoms with Gasteiger partial charge in [0.15, 0.2) is 0 Å². The summed E-state index contributed by atoms with van der Waals surface area (Å²) in [6.07, 6.45) is 0.769. The Morgan fingerprint density at radius 1 is 1.10 bits per heavy atom. The first-order chi connectivity index (χ1) is 14.0. The lowest BCUT2D eigenvalue weighted by Gasteiger charge is -2.23. The maximum Gasteiger partial charge on any atom is 0.355 e. The molecule has 6 heteroatoms. The van der Waals surface area contributed by atoms with E-state index in [0.29, 0.717) is 25.4 Å². The maximum absolute atomic E-state index is 13.1. The molecule has 2 aromatic heterocycles. The minimum atomic E-state index is -0.361. The number of aromatic nitrogens is 1. The van der Waals surface area contributed by atoms with Crippen molar-refractivity contribution in [2.45, 2.75) is 33.7 Å². The number of ether oxygens (including phenoxy) is 1. The summed E-state index contributed by atoms with van der Waals surface area (Å²) in [6.45, 7) is 6.98. The van der Waals surface area contributed by atoms with Crippen LogP contribution in [0.5, 0.6) is 0 Å². The Bertz CT molecular complexity index is 962. The number of nitrogens with zero attached hydrogens (tertiary/aromatic N) is 1. The minimum absolute atomic E-state index is 0.00798. The third-order valence-electron chi connectivity index (χ3n) is 4.95. The number of carbonyl (C=O) groups is 2. The van der Waals surface area contributed by atoms with Gasteiger partial charge in [0.2, 0.25) is 0 Å². The number of aromatic amines is 1. The van der Waals surface area contributed by atoms with E-state index >= 15 is 0 Å². The fourth-order valence-electron chi connectivity index (χ4n) is 3.34. The van der Waals surface area contributed by atoms with Crippen molar-refractivity contribution in [3.05, 3.63) is 80.8 Å². The number of thiophene rings is 1. The Hall–Kier alpha value is -2.86. The van der Waals surface area contributed by atoms with Gasteiger partial charge >= 0.3 is 5.97 Å². The summed E-state index contributed by atoms with van der Waals surface area (Å²) in [4.78, 5) is 31.1. The van der Waals surface area contributed by atoms with Gasteiger partial charge in [0, 0.05) is 18.8 Å².